The van der Waals surface area contributed by atoms with E-state index in [2.05, 4.69) is 24.7 Å². The average Bonchev–Trinajstić information content (AvgIpc) is 3.20. The van der Waals surface area contributed by atoms with Crippen LogP contribution in [0, 0.1) is 13.8 Å². The van der Waals surface area contributed by atoms with Crippen molar-refractivity contribution < 1.29 is 14.6 Å². The Morgan fingerprint density at radius 3 is 2.73 bits per heavy atom. The molecule has 10 heteroatoms. The van der Waals surface area contributed by atoms with Gasteiger partial charge in [0.05, 0.1) is 12.0 Å². The number of rotatable bonds is 5. The van der Waals surface area contributed by atoms with Crippen LogP contribution in [0.2, 0.25) is 5.02 Å². The van der Waals surface area contributed by atoms with Crippen molar-refractivity contribution in [3.05, 3.63) is 76.6 Å². The second kappa shape index (κ2) is 7.51. The van der Waals surface area contributed by atoms with Gasteiger partial charge in [0.15, 0.2) is 0 Å². The highest BCUT2D eigenvalue weighted by Crippen LogP contribution is 2.26. The molecule has 0 atom stereocenters. The number of anilines is 1. The monoisotopic (exact) mass is 442 g/mol. The fourth-order valence-corrected chi connectivity index (χ4v) is 4.14. The molecule has 0 amide bonds. The first kappa shape index (κ1) is 18.7. The van der Waals surface area contributed by atoms with E-state index in [9.17, 15) is 13.2 Å². The van der Waals surface area contributed by atoms with E-state index in [0.717, 1.165) is 6.07 Å². The van der Waals surface area contributed by atoms with Crippen LogP contribution in [-0.2, 0) is 10.0 Å². The number of hydrogen-bond acceptors (Lipinski definition) is 6. The summed E-state index contributed by atoms with van der Waals surface area (Å²) in [4.78, 5) is 28.3. The first-order valence-corrected chi connectivity index (χ1v) is 10.6. The highest BCUT2D eigenvalue weighted by atomic mass is 35.5. The molecular weight excluding hydrogens is 426 g/mol. The second-order valence-electron chi connectivity index (χ2n) is 6.64. The molecule has 4 aromatic rings. The minimum Gasteiger partial charge on any atom is -0.346 e. The zero-order valence-electron chi connectivity index (χ0n) is 16.9. The number of aromatic amines is 1. The van der Waals surface area contributed by atoms with Crippen LogP contribution in [0.4, 0.5) is 5.69 Å². The van der Waals surface area contributed by atoms with Crippen molar-refractivity contribution >= 4 is 44.1 Å². The van der Waals surface area contributed by atoms with Gasteiger partial charge in [0.2, 0.25) is 5.78 Å². The van der Waals surface area contributed by atoms with Crippen molar-refractivity contribution in [2.75, 3.05) is 4.72 Å². The molecule has 3 heterocycles. The number of pyridine rings is 1. The zero-order valence-corrected chi connectivity index (χ0v) is 17.5. The van der Waals surface area contributed by atoms with Gasteiger partial charge < -0.3 is 4.98 Å². The molecule has 0 saturated carbocycles. The van der Waals surface area contributed by atoms with Crippen molar-refractivity contribution in [3.63, 3.8) is 0 Å². The molecule has 0 unspecified atom stereocenters. The number of carbonyl (C=O) groups excluding carboxylic acids is 1. The van der Waals surface area contributed by atoms with Crippen LogP contribution in [0.25, 0.3) is 11.0 Å². The van der Waals surface area contributed by atoms with E-state index in [1.165, 1.54) is 24.7 Å². The number of hydrogen-bond donors (Lipinski definition) is 2. The average molecular weight is 443 g/mol. The van der Waals surface area contributed by atoms with E-state index in [1.54, 1.807) is 26.1 Å². The summed E-state index contributed by atoms with van der Waals surface area (Å²) in [5.41, 5.74) is 1.57. The Morgan fingerprint density at radius 1 is 1.17 bits per heavy atom. The maximum Gasteiger partial charge on any atom is 0.261 e. The van der Waals surface area contributed by atoms with Crippen molar-refractivity contribution in [2.24, 2.45) is 0 Å². The molecule has 2 N–H and O–H groups in total. The molecule has 0 saturated heterocycles. The smallest absolute Gasteiger partial charge is 0.261 e. The van der Waals surface area contributed by atoms with E-state index in [0.29, 0.717) is 22.2 Å². The van der Waals surface area contributed by atoms with Crippen molar-refractivity contribution in [1.29, 1.82) is 0 Å². The lowest BCUT2D eigenvalue weighted by Crippen LogP contribution is -2.18. The van der Waals surface area contributed by atoms with Gasteiger partial charge in [-0.25, -0.2) is 18.4 Å². The summed E-state index contributed by atoms with van der Waals surface area (Å²) in [5, 5.41) is 0.669. The summed E-state index contributed by atoms with van der Waals surface area (Å²) in [5.74, 6) is -0.557. The summed E-state index contributed by atoms with van der Waals surface area (Å²) in [6.07, 6.45) is 4.34. The summed E-state index contributed by atoms with van der Waals surface area (Å²) in [6.45, 7) is 3.34. The van der Waals surface area contributed by atoms with Crippen LogP contribution in [0.5, 0.6) is 0 Å². The zero-order chi connectivity index (χ0) is 22.3. The Hall–Kier alpha value is -3.30. The number of aromatic nitrogens is 4. The number of halogens is 1. The topological polar surface area (TPSA) is 118 Å². The normalized spacial score (nSPS) is 12.0. The molecule has 0 aliphatic carbocycles. The van der Waals surface area contributed by atoms with Crippen molar-refractivity contribution in [1.82, 2.24) is 19.9 Å². The fraction of sp³-hybridized carbons (Fsp3) is 0.100. The Kier molecular flexibility index (Phi) is 4.68. The largest absolute Gasteiger partial charge is 0.346 e. The van der Waals surface area contributed by atoms with Crippen molar-refractivity contribution in [2.45, 2.75) is 18.7 Å². The number of nitrogens with one attached hydrogen (secondary N) is 2. The molecule has 1 aromatic carbocycles. The lowest BCUT2D eigenvalue weighted by atomic mass is 10.1. The molecular formula is C20H16ClN5O3S. The Labute approximate surface area is 178 Å². The summed E-state index contributed by atoms with van der Waals surface area (Å²) >= 11 is 5.98. The van der Waals surface area contributed by atoms with Gasteiger partial charge in [-0.3, -0.25) is 14.5 Å². The van der Waals surface area contributed by atoms with Gasteiger partial charge in [-0.2, -0.15) is 0 Å². The minimum absolute atomic E-state index is 0.00596. The van der Waals surface area contributed by atoms with E-state index in [-0.39, 0.29) is 33.0 Å². The molecule has 30 heavy (non-hydrogen) atoms. The maximum absolute atomic E-state index is 13.2. The van der Waals surface area contributed by atoms with E-state index in [1.807, 2.05) is 0 Å². The van der Waals surface area contributed by atoms with Crippen LogP contribution in [0.1, 0.15) is 28.7 Å². The van der Waals surface area contributed by atoms with E-state index in [4.69, 9.17) is 13.0 Å². The van der Waals surface area contributed by atoms with E-state index >= 15 is 0 Å². The molecule has 0 radical (unpaired) electrons. The third kappa shape index (κ3) is 3.64. The first-order chi connectivity index (χ1) is 14.7. The highest BCUT2D eigenvalue weighted by Gasteiger charge is 2.24. The van der Waals surface area contributed by atoms with Crippen molar-refractivity contribution in [3.8, 4) is 0 Å². The third-order valence-electron chi connectivity index (χ3n) is 4.41. The van der Waals surface area contributed by atoms with Crippen LogP contribution in [-0.4, -0.2) is 34.1 Å². The lowest BCUT2D eigenvalue weighted by molar-refractivity contribution is 0.103. The summed E-state index contributed by atoms with van der Waals surface area (Å²) < 4.78 is 36.3. The van der Waals surface area contributed by atoms with Gasteiger partial charge in [0.1, 0.15) is 23.4 Å². The van der Waals surface area contributed by atoms with Crippen LogP contribution >= 0.6 is 11.6 Å². The lowest BCUT2D eigenvalue weighted by Gasteiger charge is -2.13. The third-order valence-corrected chi connectivity index (χ3v) is 6.16. The number of fused-ring (bicyclic) bond motifs is 1. The first-order valence-electron chi connectivity index (χ1n) is 9.26. The number of benzene rings is 1. The number of aryl methyl sites for hydroxylation is 2. The molecule has 8 nitrogen and oxygen atoms in total. The summed E-state index contributed by atoms with van der Waals surface area (Å²) in [7, 11) is -4.12. The SMILES string of the molecule is [2H]c1cc(S(=O)(=O)Nc2cc(C)cnc2C(=O)c2ncnc3[nH]ccc23)cc(C)c1Cl. The summed E-state index contributed by atoms with van der Waals surface area (Å²) in [6, 6.07) is 5.57. The molecule has 0 aliphatic rings. The number of ketones is 1. The minimum atomic E-state index is -4.12. The van der Waals surface area contributed by atoms with E-state index < -0.39 is 15.8 Å². The van der Waals surface area contributed by atoms with Gasteiger partial charge in [0, 0.05) is 22.8 Å². The molecule has 4 rings (SSSR count). The maximum atomic E-state index is 13.2. The number of sulfonamides is 1. The van der Waals surface area contributed by atoms with Gasteiger partial charge in [-0.05, 0) is 55.3 Å². The molecule has 0 spiro atoms. The quantitative estimate of drug-likeness (QED) is 0.455. The molecule has 0 fully saturated rings. The van der Waals surface area contributed by atoms with Gasteiger partial charge >= 0.3 is 0 Å². The van der Waals surface area contributed by atoms with Crippen LogP contribution in [0.3, 0.4) is 0 Å². The van der Waals surface area contributed by atoms with Gasteiger partial charge in [-0.15, -0.1) is 0 Å². The number of nitrogens with zero attached hydrogens (tertiary/aromatic N) is 3. The van der Waals surface area contributed by atoms with Gasteiger partial charge in [0.25, 0.3) is 10.0 Å². The predicted octanol–water partition coefficient (Wildman–Crippen LogP) is 3.65. The number of H-pyrrole nitrogens is 1. The van der Waals surface area contributed by atoms with Crippen LogP contribution in [0.15, 0.2) is 53.9 Å². The Balaban J connectivity index is 1.79. The van der Waals surface area contributed by atoms with Gasteiger partial charge in [-0.1, -0.05) is 11.6 Å². The number of carbonyl (C=O) groups is 1. The Morgan fingerprint density at radius 2 is 1.97 bits per heavy atom. The van der Waals surface area contributed by atoms with Crippen LogP contribution < -0.4 is 4.72 Å². The molecule has 3 aromatic heterocycles. The molecule has 0 bridgehead atoms. The molecule has 0 aliphatic heterocycles. The Bertz CT molecular complexity index is 1430. The molecule has 152 valence electrons. The second-order valence-corrected chi connectivity index (χ2v) is 8.70. The fourth-order valence-electron chi connectivity index (χ4n) is 2.92. The highest BCUT2D eigenvalue weighted by molar-refractivity contribution is 7.92. The predicted molar refractivity (Wildman–Crippen MR) is 113 cm³/mol. The standard InChI is InChI=1S/C20H16ClN5O3S/c1-11-7-16(26-30(28,29)13-3-4-15(21)12(2)8-13)18(23-9-11)19(27)17-14-5-6-22-20(14)25-10-24-17/h3-10,26H,1-2H3,(H,22,24,25)/i4D.